The molecule has 41 heavy (non-hydrogen) atoms. The number of thioether (sulfide) groups is 1. The number of nitrogens with one attached hydrogen (secondary N) is 1. The van der Waals surface area contributed by atoms with Gasteiger partial charge in [0.25, 0.3) is 0 Å². The van der Waals surface area contributed by atoms with Gasteiger partial charge in [-0.2, -0.15) is 0 Å². The fourth-order valence-corrected chi connectivity index (χ4v) is 5.76. The molecule has 1 atom stereocenters. The van der Waals surface area contributed by atoms with E-state index in [1.807, 2.05) is 64.9 Å². The summed E-state index contributed by atoms with van der Waals surface area (Å²) in [6.45, 7) is 2.31. The van der Waals surface area contributed by atoms with E-state index in [2.05, 4.69) is 10.3 Å². The molecular formula is C31H30N4O5S. The highest BCUT2D eigenvalue weighted by atomic mass is 32.2. The molecule has 0 bridgehead atoms. The van der Waals surface area contributed by atoms with Crippen molar-refractivity contribution < 1.29 is 23.8 Å². The third-order valence-corrected chi connectivity index (χ3v) is 7.52. The first-order valence-corrected chi connectivity index (χ1v) is 14.0. The van der Waals surface area contributed by atoms with E-state index in [0.29, 0.717) is 45.7 Å². The van der Waals surface area contributed by atoms with Gasteiger partial charge in [0, 0.05) is 35.8 Å². The molecule has 0 aliphatic carbocycles. The molecule has 2 aromatic carbocycles. The Bertz CT molecular complexity index is 1520. The largest absolute Gasteiger partial charge is 0.493 e. The number of aliphatic imine (C=N–C) groups is 1. The van der Waals surface area contributed by atoms with Gasteiger partial charge in [0.2, 0.25) is 5.91 Å². The van der Waals surface area contributed by atoms with Crippen molar-refractivity contribution in [1.29, 1.82) is 0 Å². The monoisotopic (exact) mass is 570 g/mol. The van der Waals surface area contributed by atoms with Crippen molar-refractivity contribution in [1.82, 2.24) is 15.2 Å². The Morgan fingerprint density at radius 2 is 1.85 bits per heavy atom. The van der Waals surface area contributed by atoms with Crippen LogP contribution < -0.4 is 14.8 Å². The zero-order valence-corrected chi connectivity index (χ0v) is 23.8. The summed E-state index contributed by atoms with van der Waals surface area (Å²) < 4.78 is 17.0. The summed E-state index contributed by atoms with van der Waals surface area (Å²) in [4.78, 5) is 37.8. The van der Waals surface area contributed by atoms with Gasteiger partial charge >= 0.3 is 5.97 Å². The Hall–Kier alpha value is -4.57. The molecule has 0 fully saturated rings. The molecule has 0 saturated heterocycles. The van der Waals surface area contributed by atoms with Crippen molar-refractivity contribution in [3.05, 3.63) is 106 Å². The van der Waals surface area contributed by atoms with Crippen molar-refractivity contribution in [2.75, 3.05) is 20.8 Å². The summed E-state index contributed by atoms with van der Waals surface area (Å²) >= 11 is 1.40. The number of esters is 1. The number of amidine groups is 1. The molecule has 5 rings (SSSR count). The van der Waals surface area contributed by atoms with Crippen LogP contribution in [0.25, 0.3) is 5.70 Å². The summed E-state index contributed by atoms with van der Waals surface area (Å²) in [5.74, 6) is 0.327. The maximum absolute atomic E-state index is 13.7. The standard InChI is InChI=1S/C31H30N4O5S/c1-4-40-30(37)26-27(21-11-6-5-7-12-21)34-31-35(28(26)23-13-8-14-24(38-2)29(23)39-3)22(19-41-31)16-25(36)33-18-20-10-9-15-32-17-20/h5-15,17,19,28H,4,16,18H2,1-3H3,(H,33,36). The first-order chi connectivity index (χ1) is 20.0. The molecule has 3 heterocycles. The fourth-order valence-electron chi connectivity index (χ4n) is 4.84. The Morgan fingerprint density at radius 1 is 1.02 bits per heavy atom. The van der Waals surface area contributed by atoms with Crippen molar-refractivity contribution in [3.63, 3.8) is 0 Å². The number of pyridine rings is 1. The summed E-state index contributed by atoms with van der Waals surface area (Å²) in [5, 5.41) is 5.50. The van der Waals surface area contributed by atoms with Crippen molar-refractivity contribution in [2.45, 2.75) is 25.9 Å². The Balaban J connectivity index is 1.60. The number of nitrogens with zero attached hydrogens (tertiary/aromatic N) is 3. The van der Waals surface area contributed by atoms with Gasteiger partial charge in [-0.3, -0.25) is 9.78 Å². The number of aromatic nitrogens is 1. The first-order valence-electron chi connectivity index (χ1n) is 13.1. The number of ether oxygens (including phenoxy) is 3. The topological polar surface area (TPSA) is 102 Å². The minimum Gasteiger partial charge on any atom is -0.493 e. The lowest BCUT2D eigenvalue weighted by molar-refractivity contribution is -0.139. The molecule has 0 spiro atoms. The van der Waals surface area contributed by atoms with Gasteiger partial charge in [-0.15, -0.1) is 0 Å². The second-order valence-electron chi connectivity index (χ2n) is 9.14. The highest BCUT2D eigenvalue weighted by Gasteiger charge is 2.43. The van der Waals surface area contributed by atoms with Crippen LogP contribution in [-0.2, 0) is 20.9 Å². The van der Waals surface area contributed by atoms with Crippen LogP contribution in [0.2, 0.25) is 0 Å². The second-order valence-corrected chi connectivity index (χ2v) is 9.98. The number of para-hydroxylation sites is 1. The van der Waals surface area contributed by atoms with Gasteiger partial charge < -0.3 is 24.4 Å². The van der Waals surface area contributed by atoms with Crippen LogP contribution in [-0.4, -0.2) is 47.8 Å². The molecule has 10 heteroatoms. The molecule has 1 aromatic heterocycles. The van der Waals surface area contributed by atoms with E-state index < -0.39 is 12.0 Å². The number of rotatable bonds is 10. The molecular weight excluding hydrogens is 540 g/mol. The predicted molar refractivity (Wildman–Crippen MR) is 158 cm³/mol. The number of carbonyl (C=O) groups excluding carboxylic acids is 2. The summed E-state index contributed by atoms with van der Waals surface area (Å²) in [6, 6.07) is 18.1. The average Bonchev–Trinajstić information content (AvgIpc) is 3.41. The van der Waals surface area contributed by atoms with Crippen molar-refractivity contribution >= 4 is 34.5 Å². The first kappa shape index (κ1) is 28.0. The van der Waals surface area contributed by atoms with Crippen LogP contribution in [0.15, 0.2) is 94.7 Å². The number of hydrogen-bond donors (Lipinski definition) is 1. The molecule has 1 unspecified atom stereocenters. The van der Waals surface area contributed by atoms with Gasteiger partial charge in [0.15, 0.2) is 16.7 Å². The van der Waals surface area contributed by atoms with Gasteiger partial charge in [0.1, 0.15) is 0 Å². The maximum Gasteiger partial charge on any atom is 0.338 e. The lowest BCUT2D eigenvalue weighted by atomic mass is 9.90. The maximum atomic E-state index is 13.7. The Kier molecular flexibility index (Phi) is 8.69. The van der Waals surface area contributed by atoms with Crippen LogP contribution in [0, 0.1) is 0 Å². The van der Waals surface area contributed by atoms with E-state index in [0.717, 1.165) is 11.1 Å². The van der Waals surface area contributed by atoms with Gasteiger partial charge in [-0.1, -0.05) is 60.3 Å². The minimum absolute atomic E-state index is 0.0752. The summed E-state index contributed by atoms with van der Waals surface area (Å²) in [5.41, 5.74) is 3.90. The predicted octanol–water partition coefficient (Wildman–Crippen LogP) is 5.08. The normalized spacial score (nSPS) is 16.0. The van der Waals surface area contributed by atoms with Crippen LogP contribution in [0.4, 0.5) is 0 Å². The summed E-state index contributed by atoms with van der Waals surface area (Å²) in [6.07, 6.45) is 3.48. The number of carbonyl (C=O) groups is 2. The SMILES string of the molecule is CCOC(=O)C1=C(c2ccccc2)N=C2SC=C(CC(=O)NCc3cccnc3)N2C1c1cccc(OC)c1OC. The third-order valence-electron chi connectivity index (χ3n) is 6.63. The van der Waals surface area contributed by atoms with Crippen LogP contribution in [0.5, 0.6) is 11.5 Å². The third kappa shape index (κ3) is 5.83. The fraction of sp³-hybridized carbons (Fsp3) is 0.226. The number of amides is 1. The lowest BCUT2D eigenvalue weighted by Crippen LogP contribution is -2.38. The second kappa shape index (κ2) is 12.7. The number of hydrogen-bond acceptors (Lipinski definition) is 9. The number of benzene rings is 2. The highest BCUT2D eigenvalue weighted by Crippen LogP contribution is 2.50. The Morgan fingerprint density at radius 3 is 2.56 bits per heavy atom. The molecule has 2 aliphatic rings. The van der Waals surface area contributed by atoms with Gasteiger partial charge in [-0.25, -0.2) is 9.79 Å². The quantitative estimate of drug-likeness (QED) is 0.337. The molecule has 1 N–H and O–H groups in total. The summed E-state index contributed by atoms with van der Waals surface area (Å²) in [7, 11) is 3.13. The zero-order chi connectivity index (χ0) is 28.8. The molecule has 2 aliphatic heterocycles. The lowest BCUT2D eigenvalue weighted by Gasteiger charge is -2.37. The van der Waals surface area contributed by atoms with Crippen LogP contribution in [0.3, 0.4) is 0 Å². The van der Waals surface area contributed by atoms with E-state index in [1.54, 1.807) is 39.6 Å². The van der Waals surface area contributed by atoms with Gasteiger partial charge in [-0.05, 0) is 30.0 Å². The molecule has 0 saturated carbocycles. The highest BCUT2D eigenvalue weighted by molar-refractivity contribution is 8.16. The van der Waals surface area contributed by atoms with Crippen molar-refractivity contribution in [3.8, 4) is 11.5 Å². The molecule has 0 radical (unpaired) electrons. The van der Waals surface area contributed by atoms with E-state index in [-0.39, 0.29) is 18.9 Å². The van der Waals surface area contributed by atoms with E-state index in [1.165, 1.54) is 11.8 Å². The van der Waals surface area contributed by atoms with Gasteiger partial charge in [0.05, 0.1) is 44.6 Å². The molecule has 3 aromatic rings. The smallest absolute Gasteiger partial charge is 0.338 e. The van der Waals surface area contributed by atoms with Crippen molar-refractivity contribution in [2.24, 2.45) is 4.99 Å². The average molecular weight is 571 g/mol. The molecule has 210 valence electrons. The number of fused-ring (bicyclic) bond motifs is 1. The van der Waals surface area contributed by atoms with E-state index in [9.17, 15) is 9.59 Å². The van der Waals surface area contributed by atoms with Crippen LogP contribution in [0.1, 0.15) is 36.1 Å². The Labute approximate surface area is 242 Å². The van der Waals surface area contributed by atoms with E-state index in [4.69, 9.17) is 19.2 Å². The van der Waals surface area contributed by atoms with E-state index >= 15 is 0 Å². The number of methoxy groups -OCH3 is 2. The zero-order valence-electron chi connectivity index (χ0n) is 23.0. The van der Waals surface area contributed by atoms with Crippen LogP contribution >= 0.6 is 11.8 Å². The minimum atomic E-state index is -0.700. The molecule has 1 amide bonds. The molecule has 9 nitrogen and oxygen atoms in total.